The second-order valence-corrected chi connectivity index (χ2v) is 13.0. The normalized spacial score (nSPS) is 21.3. The molecule has 232 valence electrons. The number of Topliss-reactive ketones (excluding diaryl/α,β-unsaturated/α-hetero) is 1. The number of halogens is 1. The quantitative estimate of drug-likeness (QED) is 0.102. The van der Waals surface area contributed by atoms with Gasteiger partial charge >= 0.3 is 5.97 Å². The van der Waals surface area contributed by atoms with E-state index in [0.29, 0.717) is 50.3 Å². The van der Waals surface area contributed by atoms with Crippen LogP contribution in [0.3, 0.4) is 0 Å². The summed E-state index contributed by atoms with van der Waals surface area (Å²) in [4.78, 5) is 59.2. The van der Waals surface area contributed by atoms with Crippen LogP contribution in [-0.4, -0.2) is 35.2 Å². The number of aromatic nitrogens is 1. The number of hydrogen-bond acceptors (Lipinski definition) is 6. The Bertz CT molecular complexity index is 2050. The molecule has 47 heavy (non-hydrogen) atoms. The molecule has 3 fully saturated rings. The second kappa shape index (κ2) is 11.6. The Labute approximate surface area is 276 Å². The highest BCUT2D eigenvalue weighted by atomic mass is 35.5. The topological polar surface area (TPSA) is 93.6 Å². The van der Waals surface area contributed by atoms with E-state index in [1.54, 1.807) is 60.7 Å². The van der Waals surface area contributed by atoms with Crippen molar-refractivity contribution in [1.29, 1.82) is 0 Å². The molecule has 3 aliphatic rings. The molecule has 2 amide bonds. The summed E-state index contributed by atoms with van der Waals surface area (Å²) in [6.45, 7) is -0.431. The number of nitrogens with zero attached hydrogens (tertiary/aromatic N) is 2. The molecule has 2 heterocycles. The van der Waals surface area contributed by atoms with Crippen LogP contribution >= 0.6 is 11.6 Å². The van der Waals surface area contributed by atoms with E-state index in [2.05, 4.69) is 0 Å². The zero-order valence-electron chi connectivity index (χ0n) is 25.3. The highest BCUT2D eigenvalue weighted by molar-refractivity contribution is 6.35. The molecule has 2 saturated carbocycles. The highest BCUT2D eigenvalue weighted by Gasteiger charge is 2.61. The summed E-state index contributed by atoms with van der Waals surface area (Å²) < 4.78 is 5.53. The van der Waals surface area contributed by atoms with E-state index in [1.807, 2.05) is 42.5 Å². The largest absolute Gasteiger partial charge is 0.454 e. The van der Waals surface area contributed by atoms with Gasteiger partial charge in [-0.1, -0.05) is 90.5 Å². The number of rotatable bonds is 7. The van der Waals surface area contributed by atoms with Gasteiger partial charge in [-0.25, -0.2) is 9.78 Å². The lowest BCUT2D eigenvalue weighted by atomic mass is 9.81. The minimum atomic E-state index is -0.679. The number of esters is 1. The van der Waals surface area contributed by atoms with Gasteiger partial charge in [0.25, 0.3) is 0 Å². The van der Waals surface area contributed by atoms with Gasteiger partial charge in [-0.05, 0) is 66.5 Å². The molecule has 8 heteroatoms. The molecule has 0 N–H and O–H groups in total. The van der Waals surface area contributed by atoms with E-state index >= 15 is 0 Å². The third kappa shape index (κ3) is 5.02. The number of carbonyl (C=O) groups excluding carboxylic acids is 4. The van der Waals surface area contributed by atoms with Gasteiger partial charge in [0, 0.05) is 16.5 Å². The summed E-state index contributed by atoms with van der Waals surface area (Å²) >= 11 is 6.53. The van der Waals surface area contributed by atoms with Crippen LogP contribution in [-0.2, 0) is 14.3 Å². The van der Waals surface area contributed by atoms with Crippen LogP contribution in [0.1, 0.15) is 40.0 Å². The van der Waals surface area contributed by atoms with Gasteiger partial charge in [0.05, 0.1) is 39.3 Å². The molecule has 0 spiro atoms. The summed E-state index contributed by atoms with van der Waals surface area (Å²) in [5.74, 6) is -0.963. The zero-order valence-corrected chi connectivity index (χ0v) is 26.0. The fraction of sp³-hybridized carbons (Fsp3) is 0.205. The van der Waals surface area contributed by atoms with Crippen LogP contribution < -0.4 is 4.90 Å². The average molecular weight is 641 g/mol. The average Bonchev–Trinajstić information content (AvgIpc) is 3.80. The number of benzene rings is 4. The van der Waals surface area contributed by atoms with E-state index in [1.165, 1.54) is 4.90 Å². The van der Waals surface area contributed by atoms with Crippen molar-refractivity contribution in [3.63, 3.8) is 0 Å². The van der Waals surface area contributed by atoms with Crippen LogP contribution in [0.5, 0.6) is 0 Å². The third-order valence-electron chi connectivity index (χ3n) is 10.0. The van der Waals surface area contributed by atoms with Crippen LogP contribution in [0, 0.1) is 23.7 Å². The number of carbonyl (C=O) groups is 4. The number of pyridine rings is 1. The van der Waals surface area contributed by atoms with Gasteiger partial charge in [-0.3, -0.25) is 19.3 Å². The third-order valence-corrected chi connectivity index (χ3v) is 10.3. The lowest BCUT2D eigenvalue weighted by molar-refractivity contribution is -0.123. The Hall–Kier alpha value is -5.14. The smallest absolute Gasteiger partial charge is 0.339 e. The summed E-state index contributed by atoms with van der Waals surface area (Å²) in [6.07, 6.45) is 3.03. The fourth-order valence-corrected chi connectivity index (χ4v) is 7.96. The number of anilines is 1. The first-order valence-corrected chi connectivity index (χ1v) is 16.2. The van der Waals surface area contributed by atoms with Crippen molar-refractivity contribution in [2.45, 2.75) is 19.3 Å². The van der Waals surface area contributed by atoms with Crippen molar-refractivity contribution in [2.24, 2.45) is 23.7 Å². The molecule has 1 aliphatic heterocycles. The molecule has 4 atom stereocenters. The lowest BCUT2D eigenvalue weighted by Gasteiger charge is -2.19. The molecule has 1 aromatic heterocycles. The molecule has 7 nitrogen and oxygen atoms in total. The van der Waals surface area contributed by atoms with Crippen molar-refractivity contribution < 1.29 is 23.9 Å². The van der Waals surface area contributed by atoms with Crippen LogP contribution in [0.25, 0.3) is 33.3 Å². The number of amides is 2. The number of imide groups is 1. The summed E-state index contributed by atoms with van der Waals surface area (Å²) in [5, 5.41) is 0.857. The molecule has 2 bridgehead atoms. The predicted molar refractivity (Wildman–Crippen MR) is 179 cm³/mol. The lowest BCUT2D eigenvalue weighted by Crippen LogP contribution is -2.32. The standard InChI is InChI=1S/C39H29ClN2O5/c40-31-8-4-7-29-30(39(46)47-21-33(43)25-11-9-23(10-12-25)22-5-2-1-3-6-22)20-32(41-36(29)31)24-15-17-28(18-16-24)42-37(44)34-26-13-14-27(19-26)35(34)38(42)45/h1-12,15-18,20,26-27,34-35H,13-14,19,21H2. The maximum absolute atomic E-state index is 13.5. The van der Waals surface area contributed by atoms with Crippen molar-refractivity contribution >= 4 is 51.8 Å². The molecule has 8 rings (SSSR count). The minimum Gasteiger partial charge on any atom is -0.454 e. The summed E-state index contributed by atoms with van der Waals surface area (Å²) in [6, 6.07) is 30.8. The van der Waals surface area contributed by atoms with E-state index in [4.69, 9.17) is 21.3 Å². The first-order chi connectivity index (χ1) is 22.9. The zero-order chi connectivity index (χ0) is 32.2. The van der Waals surface area contributed by atoms with Crippen molar-refractivity contribution in [3.8, 4) is 22.4 Å². The first-order valence-electron chi connectivity index (χ1n) is 15.8. The molecule has 2 aliphatic carbocycles. The molecular formula is C39H29ClN2O5. The molecular weight excluding hydrogens is 612 g/mol. The highest BCUT2D eigenvalue weighted by Crippen LogP contribution is 2.56. The van der Waals surface area contributed by atoms with Crippen LogP contribution in [0.2, 0.25) is 5.02 Å². The van der Waals surface area contributed by atoms with Gasteiger partial charge in [0.2, 0.25) is 11.8 Å². The Morgan fingerprint density at radius 1 is 0.766 bits per heavy atom. The molecule has 0 radical (unpaired) electrons. The van der Waals surface area contributed by atoms with Gasteiger partial charge in [-0.2, -0.15) is 0 Å². The van der Waals surface area contributed by atoms with Crippen molar-refractivity contribution in [2.75, 3.05) is 11.5 Å². The Morgan fingerprint density at radius 2 is 1.40 bits per heavy atom. The number of hydrogen-bond donors (Lipinski definition) is 0. The monoisotopic (exact) mass is 640 g/mol. The maximum Gasteiger partial charge on any atom is 0.339 e. The number of ketones is 1. The molecule has 4 unspecified atom stereocenters. The summed E-state index contributed by atoms with van der Waals surface area (Å²) in [5.41, 5.74) is 4.75. The van der Waals surface area contributed by atoms with Gasteiger partial charge in [0.1, 0.15) is 0 Å². The Balaban J connectivity index is 1.03. The van der Waals surface area contributed by atoms with E-state index in [-0.39, 0.29) is 35.0 Å². The van der Waals surface area contributed by atoms with Crippen molar-refractivity contribution in [3.05, 3.63) is 119 Å². The summed E-state index contributed by atoms with van der Waals surface area (Å²) in [7, 11) is 0. The van der Waals surface area contributed by atoms with Crippen LogP contribution in [0.15, 0.2) is 103 Å². The molecule has 5 aromatic rings. The van der Waals surface area contributed by atoms with Gasteiger partial charge < -0.3 is 4.74 Å². The van der Waals surface area contributed by atoms with Gasteiger partial charge in [-0.15, -0.1) is 0 Å². The second-order valence-electron chi connectivity index (χ2n) is 12.6. The number of ether oxygens (including phenoxy) is 1. The first kappa shape index (κ1) is 29.3. The van der Waals surface area contributed by atoms with Crippen LogP contribution in [0.4, 0.5) is 5.69 Å². The molecule has 1 saturated heterocycles. The van der Waals surface area contributed by atoms with Crippen molar-refractivity contribution in [1.82, 2.24) is 4.98 Å². The predicted octanol–water partition coefficient (Wildman–Crippen LogP) is 7.80. The number of fused-ring (bicyclic) bond motifs is 6. The Morgan fingerprint density at radius 3 is 2.09 bits per heavy atom. The Kier molecular flexibility index (Phi) is 7.22. The van der Waals surface area contributed by atoms with Gasteiger partial charge in [0.15, 0.2) is 12.4 Å². The number of para-hydroxylation sites is 1. The fourth-order valence-electron chi connectivity index (χ4n) is 7.75. The van der Waals surface area contributed by atoms with E-state index in [9.17, 15) is 19.2 Å². The SMILES string of the molecule is O=C(COC(=O)c1cc(-c2ccc(N3C(=O)C4C5CCC(C5)C4C3=O)cc2)nc2c(Cl)cccc12)c1ccc(-c2ccccc2)cc1. The molecule has 4 aromatic carbocycles. The van der Waals surface area contributed by atoms with E-state index < -0.39 is 12.6 Å². The van der Waals surface area contributed by atoms with E-state index in [0.717, 1.165) is 30.4 Å². The maximum atomic E-state index is 13.5. The minimum absolute atomic E-state index is 0.0951.